The fourth-order valence-corrected chi connectivity index (χ4v) is 4.28. The highest BCUT2D eigenvalue weighted by molar-refractivity contribution is 5.95. The third-order valence-corrected chi connectivity index (χ3v) is 6.32. The predicted molar refractivity (Wildman–Crippen MR) is 126 cm³/mol. The Hall–Kier alpha value is -2.81. The fraction of sp³-hybridized carbons (Fsp3) is 0.462. The summed E-state index contributed by atoms with van der Waals surface area (Å²) in [6.07, 6.45) is -0.294. The van der Waals surface area contributed by atoms with Crippen molar-refractivity contribution in [2.75, 3.05) is 65.6 Å². The number of ether oxygens (including phenoxy) is 2. The molecule has 0 saturated carbocycles. The van der Waals surface area contributed by atoms with Crippen LogP contribution in [0.15, 0.2) is 48.5 Å². The van der Waals surface area contributed by atoms with E-state index in [-0.39, 0.29) is 23.7 Å². The van der Waals surface area contributed by atoms with Crippen LogP contribution in [0.3, 0.4) is 0 Å². The zero-order valence-electron chi connectivity index (χ0n) is 19.6. The minimum absolute atomic E-state index is 0.0427. The van der Waals surface area contributed by atoms with Crippen LogP contribution in [-0.4, -0.2) is 98.3 Å². The van der Waals surface area contributed by atoms with Crippen LogP contribution in [0.1, 0.15) is 26.3 Å². The highest BCUT2D eigenvalue weighted by Gasteiger charge is 2.29. The number of morpholine rings is 2. The first-order chi connectivity index (χ1) is 16.5. The van der Waals surface area contributed by atoms with Gasteiger partial charge >= 0.3 is 0 Å². The van der Waals surface area contributed by atoms with Gasteiger partial charge in [-0.15, -0.1) is 0 Å². The van der Waals surface area contributed by atoms with E-state index in [1.807, 2.05) is 36.1 Å². The molecule has 2 heterocycles. The molecule has 0 aliphatic carbocycles. The molecule has 4 rings (SSSR count). The van der Waals surface area contributed by atoms with Gasteiger partial charge in [-0.25, -0.2) is 4.39 Å². The Morgan fingerprint density at radius 2 is 1.65 bits per heavy atom. The summed E-state index contributed by atoms with van der Waals surface area (Å²) < 4.78 is 24.6. The third kappa shape index (κ3) is 6.40. The van der Waals surface area contributed by atoms with Gasteiger partial charge in [0.25, 0.3) is 11.8 Å². The Morgan fingerprint density at radius 1 is 0.971 bits per heavy atom. The SMILES string of the molecule is Cc1ccc(C(=O)N(CCN2CCOCC2)CC2CN(C(=O)c3ccc(F)cc3)CCO2)cc1. The minimum atomic E-state index is -0.373. The summed E-state index contributed by atoms with van der Waals surface area (Å²) in [7, 11) is 0. The number of amides is 2. The molecule has 2 aliphatic rings. The standard InChI is InChI=1S/C26H32FN3O4/c1-20-2-4-21(5-3-20)25(31)29(11-10-28-12-15-33-16-13-28)18-24-19-30(14-17-34-24)26(32)22-6-8-23(27)9-7-22/h2-9,24H,10-19H2,1H3. The van der Waals surface area contributed by atoms with Gasteiger partial charge in [0.15, 0.2) is 0 Å². The van der Waals surface area contributed by atoms with E-state index >= 15 is 0 Å². The van der Waals surface area contributed by atoms with Gasteiger partial charge < -0.3 is 19.3 Å². The Balaban J connectivity index is 1.43. The van der Waals surface area contributed by atoms with Gasteiger partial charge in [-0.3, -0.25) is 14.5 Å². The summed E-state index contributed by atoms with van der Waals surface area (Å²) in [5, 5.41) is 0. The van der Waals surface area contributed by atoms with Gasteiger partial charge in [-0.2, -0.15) is 0 Å². The second kappa shape index (κ2) is 11.6. The Labute approximate surface area is 200 Å². The van der Waals surface area contributed by atoms with Crippen molar-refractivity contribution in [3.63, 3.8) is 0 Å². The summed E-state index contributed by atoms with van der Waals surface area (Å²) >= 11 is 0. The molecule has 2 aromatic rings. The van der Waals surface area contributed by atoms with Gasteiger partial charge in [-0.1, -0.05) is 17.7 Å². The number of carbonyl (C=O) groups excluding carboxylic acids is 2. The molecular weight excluding hydrogens is 437 g/mol. The van der Waals surface area contributed by atoms with Gasteiger partial charge in [0.2, 0.25) is 0 Å². The van der Waals surface area contributed by atoms with E-state index < -0.39 is 0 Å². The van der Waals surface area contributed by atoms with Crippen molar-refractivity contribution in [3.8, 4) is 0 Å². The maximum absolute atomic E-state index is 13.4. The lowest BCUT2D eigenvalue weighted by Crippen LogP contribution is -2.52. The quantitative estimate of drug-likeness (QED) is 0.624. The van der Waals surface area contributed by atoms with Gasteiger partial charge in [0.05, 0.1) is 25.9 Å². The molecule has 2 saturated heterocycles. The van der Waals surface area contributed by atoms with Crippen molar-refractivity contribution in [2.45, 2.75) is 13.0 Å². The first-order valence-corrected chi connectivity index (χ1v) is 11.8. The molecule has 8 heteroatoms. The molecular formula is C26H32FN3O4. The van der Waals surface area contributed by atoms with Crippen molar-refractivity contribution in [1.82, 2.24) is 14.7 Å². The Bertz CT molecular complexity index is 961. The smallest absolute Gasteiger partial charge is 0.254 e. The van der Waals surface area contributed by atoms with Gasteiger partial charge in [0.1, 0.15) is 5.82 Å². The number of nitrogens with zero attached hydrogens (tertiary/aromatic N) is 3. The highest BCUT2D eigenvalue weighted by atomic mass is 19.1. The zero-order chi connectivity index (χ0) is 23.9. The van der Waals surface area contributed by atoms with E-state index in [1.54, 1.807) is 4.90 Å². The molecule has 7 nitrogen and oxygen atoms in total. The van der Waals surface area contributed by atoms with Crippen molar-refractivity contribution in [1.29, 1.82) is 0 Å². The number of hydrogen-bond acceptors (Lipinski definition) is 5. The topological polar surface area (TPSA) is 62.3 Å². The molecule has 0 aromatic heterocycles. The third-order valence-electron chi connectivity index (χ3n) is 6.32. The summed E-state index contributed by atoms with van der Waals surface area (Å²) in [5.41, 5.74) is 2.19. The van der Waals surface area contributed by atoms with Crippen molar-refractivity contribution < 1.29 is 23.5 Å². The van der Waals surface area contributed by atoms with E-state index in [0.717, 1.165) is 25.2 Å². The van der Waals surface area contributed by atoms with Crippen LogP contribution in [0, 0.1) is 12.7 Å². The maximum Gasteiger partial charge on any atom is 0.254 e. The number of benzene rings is 2. The molecule has 0 radical (unpaired) electrons. The normalized spacial score (nSPS) is 19.1. The van der Waals surface area contributed by atoms with Crippen LogP contribution < -0.4 is 0 Å². The second-order valence-electron chi connectivity index (χ2n) is 8.82. The average Bonchev–Trinajstić information content (AvgIpc) is 2.87. The minimum Gasteiger partial charge on any atom is -0.379 e. The van der Waals surface area contributed by atoms with E-state index in [0.29, 0.717) is 57.1 Å². The van der Waals surface area contributed by atoms with Crippen molar-refractivity contribution in [2.24, 2.45) is 0 Å². The van der Waals surface area contributed by atoms with Crippen LogP contribution in [0.2, 0.25) is 0 Å². The number of carbonyl (C=O) groups is 2. The zero-order valence-corrected chi connectivity index (χ0v) is 19.6. The average molecular weight is 470 g/mol. The van der Waals surface area contributed by atoms with Crippen LogP contribution in [0.25, 0.3) is 0 Å². The first kappa shape index (κ1) is 24.3. The van der Waals surface area contributed by atoms with Crippen molar-refractivity contribution in [3.05, 3.63) is 71.0 Å². The summed E-state index contributed by atoms with van der Waals surface area (Å²) in [5.74, 6) is -0.571. The summed E-state index contributed by atoms with van der Waals surface area (Å²) in [4.78, 5) is 32.1. The molecule has 0 bridgehead atoms. The monoisotopic (exact) mass is 469 g/mol. The lowest BCUT2D eigenvalue weighted by Gasteiger charge is -2.37. The number of hydrogen-bond donors (Lipinski definition) is 0. The molecule has 34 heavy (non-hydrogen) atoms. The van der Waals surface area contributed by atoms with Gasteiger partial charge in [-0.05, 0) is 43.3 Å². The molecule has 1 unspecified atom stereocenters. The number of rotatable bonds is 7. The molecule has 0 N–H and O–H groups in total. The Morgan fingerprint density at radius 3 is 2.35 bits per heavy atom. The molecule has 1 atom stereocenters. The lowest BCUT2D eigenvalue weighted by atomic mass is 10.1. The van der Waals surface area contributed by atoms with E-state index in [9.17, 15) is 14.0 Å². The molecule has 2 fully saturated rings. The predicted octanol–water partition coefficient (Wildman–Crippen LogP) is 2.45. The van der Waals surface area contributed by atoms with Crippen LogP contribution in [0.5, 0.6) is 0 Å². The largest absolute Gasteiger partial charge is 0.379 e. The summed E-state index contributed by atoms with van der Waals surface area (Å²) in [6.45, 7) is 8.07. The Kier molecular flexibility index (Phi) is 8.26. The number of halogens is 1. The van der Waals surface area contributed by atoms with E-state index in [2.05, 4.69) is 4.90 Å². The lowest BCUT2D eigenvalue weighted by molar-refractivity contribution is -0.0346. The molecule has 2 amide bonds. The van der Waals surface area contributed by atoms with Crippen LogP contribution in [0.4, 0.5) is 4.39 Å². The second-order valence-corrected chi connectivity index (χ2v) is 8.82. The van der Waals surface area contributed by atoms with Crippen LogP contribution in [-0.2, 0) is 9.47 Å². The number of aryl methyl sites for hydroxylation is 1. The van der Waals surface area contributed by atoms with E-state index in [4.69, 9.17) is 9.47 Å². The summed E-state index contributed by atoms with van der Waals surface area (Å²) in [6, 6.07) is 13.2. The van der Waals surface area contributed by atoms with Crippen LogP contribution >= 0.6 is 0 Å². The molecule has 2 aliphatic heterocycles. The van der Waals surface area contributed by atoms with Gasteiger partial charge in [0, 0.05) is 56.9 Å². The highest BCUT2D eigenvalue weighted by Crippen LogP contribution is 2.15. The molecule has 182 valence electrons. The molecule has 0 spiro atoms. The fourth-order valence-electron chi connectivity index (χ4n) is 4.28. The van der Waals surface area contributed by atoms with Crippen molar-refractivity contribution >= 4 is 11.8 Å². The first-order valence-electron chi connectivity index (χ1n) is 11.8. The molecule has 2 aromatic carbocycles. The maximum atomic E-state index is 13.4. The van der Waals surface area contributed by atoms with E-state index in [1.165, 1.54) is 24.3 Å².